The second kappa shape index (κ2) is 11.6. The number of nitrogens with one attached hydrogen (secondary N) is 2. The number of para-hydroxylation sites is 1. The average Bonchev–Trinajstić information content (AvgIpc) is 3.31. The molecular formula is C29H30ClN3O3. The zero-order valence-electron chi connectivity index (χ0n) is 20.1. The van der Waals surface area contributed by atoms with Gasteiger partial charge < -0.3 is 19.8 Å². The van der Waals surface area contributed by atoms with Crippen molar-refractivity contribution >= 4 is 28.4 Å². The molecule has 36 heavy (non-hydrogen) atoms. The zero-order chi connectivity index (χ0) is 24.7. The van der Waals surface area contributed by atoms with Crippen LogP contribution in [0.5, 0.6) is 11.5 Å². The molecule has 5 rings (SSSR count). The van der Waals surface area contributed by atoms with Crippen LogP contribution in [0, 0.1) is 0 Å². The smallest absolute Gasteiger partial charge is 0.220 e. The maximum absolute atomic E-state index is 13.1. The van der Waals surface area contributed by atoms with E-state index >= 15 is 0 Å². The van der Waals surface area contributed by atoms with E-state index in [9.17, 15) is 4.79 Å². The van der Waals surface area contributed by atoms with Crippen molar-refractivity contribution in [3.8, 4) is 11.5 Å². The van der Waals surface area contributed by atoms with E-state index in [2.05, 4.69) is 15.2 Å². The lowest BCUT2D eigenvalue weighted by atomic mass is 9.88. The maximum Gasteiger partial charge on any atom is 0.220 e. The van der Waals surface area contributed by atoms with Crippen LogP contribution in [0.25, 0.3) is 10.9 Å². The van der Waals surface area contributed by atoms with E-state index in [1.807, 2.05) is 79.0 Å². The maximum atomic E-state index is 13.1. The Hall–Kier alpha value is -3.32. The Kier molecular flexibility index (Phi) is 7.86. The Morgan fingerprint density at radius 2 is 1.83 bits per heavy atom. The molecule has 1 amide bonds. The minimum atomic E-state index is -0.167. The molecule has 1 atom stereocenters. The summed E-state index contributed by atoms with van der Waals surface area (Å²) >= 11 is 6.34. The van der Waals surface area contributed by atoms with E-state index in [4.69, 9.17) is 21.1 Å². The van der Waals surface area contributed by atoms with Crippen LogP contribution in [-0.2, 0) is 9.53 Å². The number of nitrogens with zero attached hydrogens (tertiary/aromatic N) is 1. The highest BCUT2D eigenvalue weighted by Gasteiger charge is 2.22. The van der Waals surface area contributed by atoms with Crippen LogP contribution in [0.3, 0.4) is 0 Å². The number of aromatic amines is 1. The molecule has 2 N–H and O–H groups in total. The fraction of sp³-hybridized carbons (Fsp3) is 0.276. The van der Waals surface area contributed by atoms with Gasteiger partial charge in [0.1, 0.15) is 11.5 Å². The quantitative estimate of drug-likeness (QED) is 0.313. The fourth-order valence-corrected chi connectivity index (χ4v) is 4.84. The Bertz CT molecular complexity index is 1300. The third-order valence-corrected chi connectivity index (χ3v) is 6.77. The van der Waals surface area contributed by atoms with Crippen molar-refractivity contribution in [2.45, 2.75) is 12.3 Å². The third kappa shape index (κ3) is 6.08. The van der Waals surface area contributed by atoms with Gasteiger partial charge in [0.15, 0.2) is 0 Å². The Morgan fingerprint density at radius 1 is 1.03 bits per heavy atom. The molecule has 3 aromatic carbocycles. The summed E-state index contributed by atoms with van der Waals surface area (Å²) in [5, 5.41) is 4.80. The highest BCUT2D eigenvalue weighted by atomic mass is 35.5. The molecule has 2 heterocycles. The van der Waals surface area contributed by atoms with Crippen molar-refractivity contribution in [2.75, 3.05) is 39.4 Å². The molecule has 1 aromatic heterocycles. The molecule has 0 aliphatic carbocycles. The van der Waals surface area contributed by atoms with Gasteiger partial charge in [-0.15, -0.1) is 0 Å². The van der Waals surface area contributed by atoms with Crippen molar-refractivity contribution in [1.82, 2.24) is 15.2 Å². The second-order valence-electron chi connectivity index (χ2n) is 8.98. The van der Waals surface area contributed by atoms with Crippen LogP contribution >= 0.6 is 11.6 Å². The number of ether oxygens (including phenoxy) is 2. The van der Waals surface area contributed by atoms with E-state index in [1.165, 1.54) is 0 Å². The molecule has 0 saturated carbocycles. The molecule has 186 valence electrons. The first kappa shape index (κ1) is 24.4. The minimum absolute atomic E-state index is 0.0130. The number of rotatable bonds is 9. The van der Waals surface area contributed by atoms with Crippen LogP contribution in [0.2, 0.25) is 5.02 Å². The van der Waals surface area contributed by atoms with Crippen molar-refractivity contribution < 1.29 is 14.3 Å². The van der Waals surface area contributed by atoms with Gasteiger partial charge in [0.05, 0.1) is 13.2 Å². The van der Waals surface area contributed by atoms with E-state index in [1.54, 1.807) is 0 Å². The number of H-pyrrole nitrogens is 1. The first-order chi connectivity index (χ1) is 17.7. The first-order valence-corrected chi connectivity index (χ1v) is 12.7. The summed E-state index contributed by atoms with van der Waals surface area (Å²) in [6, 6.07) is 23.5. The Labute approximate surface area is 216 Å². The summed E-state index contributed by atoms with van der Waals surface area (Å²) in [4.78, 5) is 18.8. The predicted octanol–water partition coefficient (Wildman–Crippen LogP) is 5.58. The molecule has 7 heteroatoms. The number of fused-ring (bicyclic) bond motifs is 1. The van der Waals surface area contributed by atoms with Gasteiger partial charge in [0, 0.05) is 60.6 Å². The molecule has 0 unspecified atom stereocenters. The number of carbonyl (C=O) groups excluding carboxylic acids is 1. The number of morpholine rings is 1. The van der Waals surface area contributed by atoms with Crippen molar-refractivity contribution in [1.29, 1.82) is 0 Å². The lowest BCUT2D eigenvalue weighted by Gasteiger charge is -2.26. The summed E-state index contributed by atoms with van der Waals surface area (Å²) in [7, 11) is 0. The predicted molar refractivity (Wildman–Crippen MR) is 143 cm³/mol. The molecule has 1 saturated heterocycles. The number of hydrogen-bond acceptors (Lipinski definition) is 4. The third-order valence-electron chi connectivity index (χ3n) is 6.53. The molecule has 1 aliphatic rings. The highest BCUT2D eigenvalue weighted by Crippen LogP contribution is 2.36. The SMILES string of the molecule is O=C(C[C@H](c1cccc(Oc2ccccc2)c1)c1c[nH]c2ccc(Cl)cc12)NCCN1CCOCC1. The van der Waals surface area contributed by atoms with Gasteiger partial charge in [-0.05, 0) is 53.6 Å². The normalized spacial score (nSPS) is 15.0. The number of hydrogen-bond donors (Lipinski definition) is 2. The standard InChI is InChI=1S/C29H30ClN3O3/c30-22-9-10-28-26(18-22)27(20-32-28)25(19-29(34)31-11-12-33-13-15-35-16-14-33)21-5-4-8-24(17-21)36-23-6-2-1-3-7-23/h1-10,17-18,20,25,32H,11-16,19H2,(H,31,34)/t25-/m1/s1. The fourth-order valence-electron chi connectivity index (χ4n) is 4.67. The van der Waals surface area contributed by atoms with Crippen LogP contribution in [0.15, 0.2) is 79.0 Å². The first-order valence-electron chi connectivity index (χ1n) is 12.3. The van der Waals surface area contributed by atoms with Crippen LogP contribution < -0.4 is 10.1 Å². The second-order valence-corrected chi connectivity index (χ2v) is 9.42. The summed E-state index contributed by atoms with van der Waals surface area (Å²) in [5.41, 5.74) is 3.03. The van der Waals surface area contributed by atoms with E-state index in [0.29, 0.717) is 18.0 Å². The summed E-state index contributed by atoms with van der Waals surface area (Å²) < 4.78 is 11.5. The molecule has 0 spiro atoms. The Balaban J connectivity index is 1.38. The van der Waals surface area contributed by atoms with Gasteiger partial charge in [-0.1, -0.05) is 41.9 Å². The van der Waals surface area contributed by atoms with E-state index < -0.39 is 0 Å². The summed E-state index contributed by atoms with van der Waals surface area (Å²) in [6.07, 6.45) is 2.30. The molecule has 4 aromatic rings. The van der Waals surface area contributed by atoms with Crippen LogP contribution in [-0.4, -0.2) is 55.2 Å². The van der Waals surface area contributed by atoms with Gasteiger partial charge in [0.2, 0.25) is 5.91 Å². The largest absolute Gasteiger partial charge is 0.457 e. The zero-order valence-corrected chi connectivity index (χ0v) is 20.8. The average molecular weight is 504 g/mol. The molecule has 0 radical (unpaired) electrons. The number of aromatic nitrogens is 1. The van der Waals surface area contributed by atoms with Gasteiger partial charge in [-0.3, -0.25) is 9.69 Å². The lowest BCUT2D eigenvalue weighted by Crippen LogP contribution is -2.41. The highest BCUT2D eigenvalue weighted by molar-refractivity contribution is 6.31. The minimum Gasteiger partial charge on any atom is -0.457 e. The molecule has 1 fully saturated rings. The molecule has 1 aliphatic heterocycles. The topological polar surface area (TPSA) is 66.6 Å². The van der Waals surface area contributed by atoms with Crippen LogP contribution in [0.1, 0.15) is 23.5 Å². The molecule has 0 bridgehead atoms. The van der Waals surface area contributed by atoms with E-state index in [0.717, 1.165) is 66.4 Å². The van der Waals surface area contributed by atoms with Crippen molar-refractivity contribution in [3.63, 3.8) is 0 Å². The Morgan fingerprint density at radius 3 is 2.67 bits per heavy atom. The number of amides is 1. The number of benzene rings is 3. The summed E-state index contributed by atoms with van der Waals surface area (Å²) in [6.45, 7) is 4.75. The summed E-state index contributed by atoms with van der Waals surface area (Å²) in [5.74, 6) is 1.35. The van der Waals surface area contributed by atoms with Crippen molar-refractivity contribution in [2.24, 2.45) is 0 Å². The lowest BCUT2D eigenvalue weighted by molar-refractivity contribution is -0.121. The van der Waals surface area contributed by atoms with Gasteiger partial charge in [0.25, 0.3) is 0 Å². The monoisotopic (exact) mass is 503 g/mol. The van der Waals surface area contributed by atoms with Gasteiger partial charge in [-0.2, -0.15) is 0 Å². The van der Waals surface area contributed by atoms with Gasteiger partial charge >= 0.3 is 0 Å². The van der Waals surface area contributed by atoms with Gasteiger partial charge in [-0.25, -0.2) is 0 Å². The molecular weight excluding hydrogens is 474 g/mol. The number of halogens is 1. The van der Waals surface area contributed by atoms with Crippen LogP contribution in [0.4, 0.5) is 0 Å². The van der Waals surface area contributed by atoms with E-state index in [-0.39, 0.29) is 11.8 Å². The molecule has 6 nitrogen and oxygen atoms in total. The van der Waals surface area contributed by atoms with Crippen molar-refractivity contribution in [3.05, 3.63) is 95.1 Å². The number of carbonyl (C=O) groups is 1.